The van der Waals surface area contributed by atoms with Crippen LogP contribution in [0, 0.1) is 0 Å². The number of rotatable bonds is 7. The van der Waals surface area contributed by atoms with E-state index in [0.717, 1.165) is 12.8 Å². The maximum absolute atomic E-state index is 12.0. The zero-order valence-electron chi connectivity index (χ0n) is 10.5. The molecule has 1 aromatic carbocycles. The van der Waals surface area contributed by atoms with E-state index < -0.39 is 6.10 Å². The van der Waals surface area contributed by atoms with Gasteiger partial charge in [0.1, 0.15) is 11.9 Å². The van der Waals surface area contributed by atoms with Crippen LogP contribution in [0.2, 0.25) is 0 Å². The third kappa shape index (κ3) is 3.86. The molecule has 0 radical (unpaired) electrons. The fraction of sp³-hybridized carbons (Fsp3) is 0.500. The van der Waals surface area contributed by atoms with Crippen molar-refractivity contribution in [2.24, 2.45) is 0 Å². The van der Waals surface area contributed by atoms with Gasteiger partial charge in [-0.05, 0) is 25.0 Å². The van der Waals surface area contributed by atoms with Crippen LogP contribution in [0.3, 0.4) is 0 Å². The van der Waals surface area contributed by atoms with Crippen molar-refractivity contribution in [1.82, 2.24) is 0 Å². The Labute approximate surface area is 102 Å². The number of hydrogen-bond acceptors (Lipinski definition) is 3. The van der Waals surface area contributed by atoms with Crippen molar-refractivity contribution in [3.8, 4) is 5.75 Å². The Morgan fingerprint density at radius 1 is 1.29 bits per heavy atom. The van der Waals surface area contributed by atoms with Crippen molar-refractivity contribution < 1.29 is 14.6 Å². The number of carbonyl (C=O) groups is 1. The number of hydrogen-bond donors (Lipinski definition) is 1. The maximum Gasteiger partial charge on any atom is 0.194 e. The smallest absolute Gasteiger partial charge is 0.194 e. The van der Waals surface area contributed by atoms with E-state index >= 15 is 0 Å². The fourth-order valence-electron chi connectivity index (χ4n) is 1.59. The number of aliphatic hydroxyl groups is 1. The lowest BCUT2D eigenvalue weighted by atomic mass is 10.0. The molecule has 94 valence electrons. The lowest BCUT2D eigenvalue weighted by Crippen LogP contribution is -2.21. The second-order valence-electron chi connectivity index (χ2n) is 4.01. The van der Waals surface area contributed by atoms with Crippen LogP contribution in [0.15, 0.2) is 24.3 Å². The molecule has 1 rings (SSSR count). The molecule has 1 N–H and O–H groups in total. The van der Waals surface area contributed by atoms with Crippen molar-refractivity contribution in [2.75, 3.05) is 6.61 Å². The van der Waals surface area contributed by atoms with E-state index in [1.807, 2.05) is 19.9 Å². The maximum atomic E-state index is 12.0. The van der Waals surface area contributed by atoms with Crippen molar-refractivity contribution in [2.45, 2.75) is 39.2 Å². The number of benzene rings is 1. The van der Waals surface area contributed by atoms with E-state index in [-0.39, 0.29) is 5.78 Å². The number of aliphatic hydroxyl groups excluding tert-OH is 1. The topological polar surface area (TPSA) is 46.5 Å². The summed E-state index contributed by atoms with van der Waals surface area (Å²) in [7, 11) is 0. The molecule has 3 nitrogen and oxygen atoms in total. The molecule has 1 unspecified atom stereocenters. The minimum atomic E-state index is -0.925. The summed E-state index contributed by atoms with van der Waals surface area (Å²) in [5.41, 5.74) is 0.474. The number of ketones is 1. The molecule has 0 aliphatic heterocycles. The van der Waals surface area contributed by atoms with Crippen LogP contribution in [0.4, 0.5) is 0 Å². The highest BCUT2D eigenvalue weighted by molar-refractivity contribution is 6.01. The lowest BCUT2D eigenvalue weighted by Gasteiger charge is -2.12. The lowest BCUT2D eigenvalue weighted by molar-refractivity contribution is 0.0725. The molecule has 0 saturated heterocycles. The molecule has 0 amide bonds. The highest BCUT2D eigenvalue weighted by atomic mass is 16.5. The van der Waals surface area contributed by atoms with Crippen molar-refractivity contribution in [3.05, 3.63) is 29.8 Å². The van der Waals surface area contributed by atoms with Crippen LogP contribution in [-0.2, 0) is 0 Å². The SMILES string of the molecule is CCCOc1ccccc1C(=O)C(O)CCC. The Hall–Kier alpha value is -1.35. The van der Waals surface area contributed by atoms with Crippen LogP contribution in [0.25, 0.3) is 0 Å². The standard InChI is InChI=1S/C14H20O3/c1-3-7-12(15)14(16)11-8-5-6-9-13(11)17-10-4-2/h5-6,8-9,12,15H,3-4,7,10H2,1-2H3. The van der Waals surface area contributed by atoms with E-state index in [9.17, 15) is 9.90 Å². The van der Waals surface area contributed by atoms with Crippen LogP contribution in [0.5, 0.6) is 5.75 Å². The third-order valence-electron chi connectivity index (χ3n) is 2.48. The highest BCUT2D eigenvalue weighted by Gasteiger charge is 2.19. The van der Waals surface area contributed by atoms with Gasteiger partial charge in [0.2, 0.25) is 0 Å². The molecule has 0 aromatic heterocycles. The number of para-hydroxylation sites is 1. The van der Waals surface area contributed by atoms with Gasteiger partial charge in [0.05, 0.1) is 12.2 Å². The molecule has 1 atom stereocenters. The monoisotopic (exact) mass is 236 g/mol. The van der Waals surface area contributed by atoms with Crippen molar-refractivity contribution >= 4 is 5.78 Å². The number of ether oxygens (including phenoxy) is 1. The summed E-state index contributed by atoms with van der Waals surface area (Å²) in [6.07, 6.45) is 1.23. The Bertz CT molecular complexity index is 360. The predicted molar refractivity (Wildman–Crippen MR) is 67.5 cm³/mol. The Morgan fingerprint density at radius 3 is 2.65 bits per heavy atom. The minimum Gasteiger partial charge on any atom is -0.493 e. The molecule has 1 aromatic rings. The van der Waals surface area contributed by atoms with Gasteiger partial charge in [0.15, 0.2) is 5.78 Å². The average molecular weight is 236 g/mol. The molecule has 0 bridgehead atoms. The number of Topliss-reactive ketones (excluding diaryl/α,β-unsaturated/α-hetero) is 1. The van der Waals surface area contributed by atoms with Gasteiger partial charge in [0, 0.05) is 0 Å². The minimum absolute atomic E-state index is 0.251. The van der Waals surface area contributed by atoms with Gasteiger partial charge in [-0.3, -0.25) is 4.79 Å². The van der Waals surface area contributed by atoms with Crippen molar-refractivity contribution in [1.29, 1.82) is 0 Å². The summed E-state index contributed by atoms with van der Waals surface area (Å²) < 4.78 is 5.50. The van der Waals surface area contributed by atoms with Crippen LogP contribution >= 0.6 is 0 Å². The molecule has 0 heterocycles. The predicted octanol–water partition coefficient (Wildman–Crippen LogP) is 2.82. The van der Waals surface area contributed by atoms with E-state index in [1.165, 1.54) is 0 Å². The molecule has 0 saturated carbocycles. The van der Waals surface area contributed by atoms with Gasteiger partial charge in [-0.1, -0.05) is 32.4 Å². The molecular formula is C14H20O3. The number of carbonyl (C=O) groups excluding carboxylic acids is 1. The zero-order valence-corrected chi connectivity index (χ0v) is 10.5. The van der Waals surface area contributed by atoms with E-state index in [2.05, 4.69) is 0 Å². The first-order valence-electron chi connectivity index (χ1n) is 6.14. The van der Waals surface area contributed by atoms with Crippen molar-refractivity contribution in [3.63, 3.8) is 0 Å². The van der Waals surface area contributed by atoms with Gasteiger partial charge in [-0.25, -0.2) is 0 Å². The molecular weight excluding hydrogens is 216 g/mol. The summed E-state index contributed by atoms with van der Waals surface area (Å²) in [5, 5.41) is 9.72. The summed E-state index contributed by atoms with van der Waals surface area (Å²) >= 11 is 0. The van der Waals surface area contributed by atoms with Gasteiger partial charge in [0.25, 0.3) is 0 Å². The van der Waals surface area contributed by atoms with Crippen LogP contribution in [-0.4, -0.2) is 23.6 Å². The average Bonchev–Trinajstić information content (AvgIpc) is 2.36. The van der Waals surface area contributed by atoms with Gasteiger partial charge in [-0.15, -0.1) is 0 Å². The van der Waals surface area contributed by atoms with Crippen LogP contribution < -0.4 is 4.74 Å². The normalized spacial score (nSPS) is 12.2. The first-order valence-corrected chi connectivity index (χ1v) is 6.14. The Kier molecular flexibility index (Phi) is 5.70. The molecule has 0 aliphatic carbocycles. The summed E-state index contributed by atoms with van der Waals surface area (Å²) in [6, 6.07) is 7.08. The quantitative estimate of drug-likeness (QED) is 0.740. The largest absolute Gasteiger partial charge is 0.493 e. The van der Waals surface area contributed by atoms with Gasteiger partial charge >= 0.3 is 0 Å². The molecule has 0 aliphatic rings. The van der Waals surface area contributed by atoms with Gasteiger partial charge < -0.3 is 9.84 Å². The molecule has 0 spiro atoms. The third-order valence-corrected chi connectivity index (χ3v) is 2.48. The second kappa shape index (κ2) is 7.07. The van der Waals surface area contributed by atoms with E-state index in [1.54, 1.807) is 18.2 Å². The Balaban J connectivity index is 2.84. The molecule has 3 heteroatoms. The van der Waals surface area contributed by atoms with Crippen LogP contribution in [0.1, 0.15) is 43.5 Å². The molecule has 0 fully saturated rings. The summed E-state index contributed by atoms with van der Waals surface area (Å²) in [5.74, 6) is 0.313. The van der Waals surface area contributed by atoms with E-state index in [0.29, 0.717) is 24.3 Å². The first kappa shape index (κ1) is 13.7. The second-order valence-corrected chi connectivity index (χ2v) is 4.01. The van der Waals surface area contributed by atoms with E-state index in [4.69, 9.17) is 4.74 Å². The fourth-order valence-corrected chi connectivity index (χ4v) is 1.59. The molecule has 17 heavy (non-hydrogen) atoms. The summed E-state index contributed by atoms with van der Waals surface area (Å²) in [6.45, 7) is 4.53. The summed E-state index contributed by atoms with van der Waals surface area (Å²) in [4.78, 5) is 12.0. The highest BCUT2D eigenvalue weighted by Crippen LogP contribution is 2.21. The zero-order chi connectivity index (χ0) is 12.7. The first-order chi connectivity index (χ1) is 8.20. The Morgan fingerprint density at radius 2 is 2.00 bits per heavy atom. The van der Waals surface area contributed by atoms with Gasteiger partial charge in [-0.2, -0.15) is 0 Å².